The fraction of sp³-hybridized carbons (Fsp3) is 0. The molecule has 2 aromatic carbocycles. The Bertz CT molecular complexity index is 934. The van der Waals surface area contributed by atoms with E-state index in [2.05, 4.69) is 19.9 Å². The molecular weight excluding hydrogens is 503 g/mol. The Morgan fingerprint density at radius 2 is 0.971 bits per heavy atom. The van der Waals surface area contributed by atoms with Gasteiger partial charge in [0.05, 0.1) is 24.6 Å². The van der Waals surface area contributed by atoms with Gasteiger partial charge in [-0.3, -0.25) is 9.59 Å². The van der Waals surface area contributed by atoms with Gasteiger partial charge >= 0.3 is 17.1 Å². The molecule has 0 aliphatic rings. The van der Waals surface area contributed by atoms with Gasteiger partial charge in [-0.05, 0) is 11.1 Å². The number of H-pyrrole nitrogens is 2. The maximum absolute atomic E-state index is 10.2. The van der Waals surface area contributed by atoms with Crippen LogP contribution in [0.3, 0.4) is 0 Å². The van der Waals surface area contributed by atoms with Crippen LogP contribution in [-0.2, 0) is 28.0 Å². The van der Waals surface area contributed by atoms with Crippen LogP contribution in [0, 0.1) is 0 Å². The van der Waals surface area contributed by atoms with Crippen LogP contribution in [-0.4, -0.2) is 44.4 Å². The zero-order valence-corrected chi connectivity index (χ0v) is 19.3. The summed E-state index contributed by atoms with van der Waals surface area (Å²) in [6.45, 7) is 0. The second-order valence-electron chi connectivity index (χ2n) is 5.58. The molecular formula is C22H24MnN4O8+2. The average Bonchev–Trinajstić information content (AvgIpc) is 3.59. The van der Waals surface area contributed by atoms with Crippen LogP contribution in [0.4, 0.5) is 0 Å². The van der Waals surface area contributed by atoms with Crippen LogP contribution >= 0.6 is 0 Å². The number of aromatic nitrogens is 4. The minimum absolute atomic E-state index is 0. The van der Waals surface area contributed by atoms with Crippen LogP contribution in [0.1, 0.15) is 41.4 Å². The summed E-state index contributed by atoms with van der Waals surface area (Å²) >= 11 is 0. The Kier molecular flexibility index (Phi) is 21.5. The van der Waals surface area contributed by atoms with E-state index in [0.29, 0.717) is 23.7 Å². The van der Waals surface area contributed by atoms with Crippen LogP contribution in [0.15, 0.2) is 86.0 Å². The molecule has 0 fully saturated rings. The molecule has 0 spiro atoms. The van der Waals surface area contributed by atoms with E-state index in [1.165, 1.54) is 48.5 Å². The Morgan fingerprint density at radius 1 is 0.657 bits per heavy atom. The smallest absolute Gasteiger partial charge is 0.545 e. The van der Waals surface area contributed by atoms with E-state index in [1.807, 2.05) is 0 Å². The number of hydrogen-bond donors (Lipinski definition) is 2. The molecule has 4 rings (SSSR count). The number of rotatable bonds is 4. The van der Waals surface area contributed by atoms with Crippen molar-refractivity contribution < 1.29 is 57.4 Å². The average molecular weight is 527 g/mol. The van der Waals surface area contributed by atoms with Gasteiger partial charge in [-0.15, -0.1) is 0 Å². The van der Waals surface area contributed by atoms with Gasteiger partial charge in [0.15, 0.2) is 0 Å². The van der Waals surface area contributed by atoms with Gasteiger partial charge in [-0.1, -0.05) is 48.5 Å². The van der Waals surface area contributed by atoms with Crippen molar-refractivity contribution in [3.8, 4) is 0 Å². The van der Waals surface area contributed by atoms with E-state index in [1.54, 1.807) is 37.4 Å². The Hall–Kier alpha value is -4.42. The molecule has 0 saturated heterocycles. The number of aromatic carboxylic acids is 2. The fourth-order valence-electron chi connectivity index (χ4n) is 1.83. The normalized spacial score (nSPS) is 8.00. The first-order valence-corrected chi connectivity index (χ1v) is 8.86. The molecule has 2 heterocycles. The molecule has 185 valence electrons. The van der Waals surface area contributed by atoms with Crippen LogP contribution in [0.5, 0.6) is 0 Å². The maximum Gasteiger partial charge on any atom is 2.00 e. The van der Waals surface area contributed by atoms with Gasteiger partial charge in [0.25, 0.3) is 0 Å². The van der Waals surface area contributed by atoms with Crippen molar-refractivity contribution in [2.24, 2.45) is 0 Å². The Morgan fingerprint density at radius 3 is 1.11 bits per heavy atom. The zero-order valence-electron chi connectivity index (χ0n) is 18.1. The van der Waals surface area contributed by atoms with Crippen LogP contribution in [0.2, 0.25) is 0 Å². The molecule has 0 aliphatic heterocycles. The van der Waals surface area contributed by atoms with Crippen molar-refractivity contribution >= 4 is 24.5 Å². The first kappa shape index (κ1) is 35.2. The number of carbonyl (C=O) groups is 4. The maximum atomic E-state index is 10.2. The second-order valence-corrected chi connectivity index (χ2v) is 5.58. The van der Waals surface area contributed by atoms with Gasteiger partial charge in [0.2, 0.25) is 0 Å². The Labute approximate surface area is 210 Å². The number of aromatic amines is 2. The van der Waals surface area contributed by atoms with Crippen molar-refractivity contribution in [2.45, 2.75) is 0 Å². The molecule has 0 unspecified atom stereocenters. The topological polar surface area (TPSA) is 238 Å². The molecule has 0 amide bonds. The molecule has 0 atom stereocenters. The number of carboxylic acid groups (broad SMARTS) is 2. The molecule has 12 nitrogen and oxygen atoms in total. The molecule has 4 aromatic rings. The molecule has 13 heteroatoms. The monoisotopic (exact) mass is 527 g/mol. The van der Waals surface area contributed by atoms with Crippen molar-refractivity contribution in [2.75, 3.05) is 0 Å². The number of imidazole rings is 2. The van der Waals surface area contributed by atoms with Gasteiger partial charge in [0.1, 0.15) is 12.6 Å². The number of nitrogens with one attached hydrogen (secondary N) is 2. The zero-order chi connectivity index (χ0) is 23.6. The SMILES string of the molecule is O=Cc1ccc(C(=O)[O-])cc1.O=Cc1ccc(C(=O)[O-])cc1.[Mn+2].[OH3+].[OH3+].c1c[nH]cn1.c1c[nH]cn1. The summed E-state index contributed by atoms with van der Waals surface area (Å²) in [7, 11) is 0. The number of nitrogens with zero attached hydrogens (tertiary/aromatic N) is 2. The molecule has 0 bridgehead atoms. The summed E-state index contributed by atoms with van der Waals surface area (Å²) in [5.74, 6) is -2.47. The van der Waals surface area contributed by atoms with Crippen molar-refractivity contribution in [3.05, 3.63) is 108 Å². The fourth-order valence-corrected chi connectivity index (χ4v) is 1.83. The minimum Gasteiger partial charge on any atom is -0.545 e. The second kappa shape index (κ2) is 21.4. The van der Waals surface area contributed by atoms with Crippen molar-refractivity contribution in [1.82, 2.24) is 19.9 Å². The van der Waals surface area contributed by atoms with Gasteiger partial charge in [-0.2, -0.15) is 0 Å². The predicted molar refractivity (Wildman–Crippen MR) is 119 cm³/mol. The molecule has 2 aromatic heterocycles. The number of carbonyl (C=O) groups excluding carboxylic acids is 4. The van der Waals surface area contributed by atoms with Gasteiger partial charge in [-0.25, -0.2) is 9.97 Å². The van der Waals surface area contributed by atoms with Gasteiger partial charge in [0, 0.05) is 35.9 Å². The number of aldehydes is 2. The molecule has 8 N–H and O–H groups in total. The van der Waals surface area contributed by atoms with Crippen molar-refractivity contribution in [1.29, 1.82) is 0 Å². The summed E-state index contributed by atoms with van der Waals surface area (Å²) in [5.41, 5.74) is 1.07. The third-order valence-electron chi connectivity index (χ3n) is 3.38. The predicted octanol–water partition coefficient (Wildman–Crippen LogP) is -1.30. The van der Waals surface area contributed by atoms with E-state index >= 15 is 0 Å². The molecule has 1 radical (unpaired) electrons. The van der Waals surface area contributed by atoms with E-state index in [9.17, 15) is 29.4 Å². The summed E-state index contributed by atoms with van der Waals surface area (Å²) in [6.07, 6.45) is 11.5. The van der Waals surface area contributed by atoms with Crippen LogP contribution < -0.4 is 10.2 Å². The number of benzene rings is 2. The molecule has 0 aliphatic carbocycles. The minimum atomic E-state index is -1.23. The summed E-state index contributed by atoms with van der Waals surface area (Å²) in [4.78, 5) is 53.5. The molecule has 35 heavy (non-hydrogen) atoms. The van der Waals surface area contributed by atoms with E-state index in [4.69, 9.17) is 0 Å². The van der Waals surface area contributed by atoms with Crippen LogP contribution in [0.25, 0.3) is 0 Å². The summed E-state index contributed by atoms with van der Waals surface area (Å²) in [5, 5.41) is 20.4. The molecule has 0 saturated carbocycles. The standard InChI is InChI=1S/2C8H6O3.2C3H4N2.Mn.2H2O/c2*9-5-6-1-3-7(4-2-6)8(10)11;2*1-2-5-3-4-1;;;/h2*1-5H,(H,10,11);2*1-3H,(H,4,5);;2*1H2/q;;;;+2;;. The summed E-state index contributed by atoms with van der Waals surface area (Å²) < 4.78 is 0. The van der Waals surface area contributed by atoms with Gasteiger partial charge < -0.3 is 40.7 Å². The largest absolute Gasteiger partial charge is 2.00 e. The number of carboxylic acids is 2. The first-order chi connectivity index (χ1) is 15.5. The summed E-state index contributed by atoms with van der Waals surface area (Å²) in [6, 6.07) is 11.0. The third-order valence-corrected chi connectivity index (χ3v) is 3.38. The third kappa shape index (κ3) is 15.9. The van der Waals surface area contributed by atoms with E-state index in [-0.39, 0.29) is 39.1 Å². The van der Waals surface area contributed by atoms with E-state index in [0.717, 1.165) is 0 Å². The Balaban J connectivity index is -0.000000400. The number of hydrogen-bond acceptors (Lipinski definition) is 8. The van der Waals surface area contributed by atoms with E-state index < -0.39 is 11.9 Å². The first-order valence-electron chi connectivity index (χ1n) is 8.86. The van der Waals surface area contributed by atoms with Crippen molar-refractivity contribution in [3.63, 3.8) is 0 Å². The quantitative estimate of drug-likeness (QED) is 0.183.